The fraction of sp³-hybridized carbons (Fsp3) is 0.412. The molecule has 1 amide bonds. The molecule has 4 nitrogen and oxygen atoms in total. The first-order chi connectivity index (χ1) is 11.4. The van der Waals surface area contributed by atoms with Gasteiger partial charge in [-0.1, -0.05) is 30.3 Å². The third-order valence-electron chi connectivity index (χ3n) is 3.81. The van der Waals surface area contributed by atoms with Gasteiger partial charge in [-0.25, -0.2) is 0 Å². The first-order valence-electron chi connectivity index (χ1n) is 7.80. The van der Waals surface area contributed by atoms with Gasteiger partial charge in [0.1, 0.15) is 0 Å². The number of allylic oxidation sites excluding steroid dienone is 2. The minimum absolute atomic E-state index is 0.0740. The lowest BCUT2D eigenvalue weighted by molar-refractivity contribution is -0.166. The van der Waals surface area contributed by atoms with Crippen molar-refractivity contribution in [3.05, 3.63) is 47.2 Å². The van der Waals surface area contributed by atoms with E-state index in [4.69, 9.17) is 0 Å². The summed E-state index contributed by atoms with van der Waals surface area (Å²) in [5.74, 6) is -2.15. The van der Waals surface area contributed by atoms with Crippen LogP contribution in [0.25, 0.3) is 0 Å². The van der Waals surface area contributed by atoms with Crippen LogP contribution in [0, 0.1) is 0 Å². The number of hydrazine groups is 1. The minimum Gasteiger partial charge on any atom is -0.302 e. The average molecular weight is 340 g/mol. The number of carbonyl (C=O) groups is 2. The summed E-state index contributed by atoms with van der Waals surface area (Å²) in [4.78, 5) is 23.1. The van der Waals surface area contributed by atoms with Gasteiger partial charge < -0.3 is 5.43 Å². The summed E-state index contributed by atoms with van der Waals surface area (Å²) in [7, 11) is 0. The maximum Gasteiger partial charge on any atom is 0.454 e. The fourth-order valence-electron chi connectivity index (χ4n) is 2.61. The molecular weight excluding hydrogens is 321 g/mol. The van der Waals surface area contributed by atoms with Gasteiger partial charge in [0, 0.05) is 17.7 Å². The average Bonchev–Trinajstić information content (AvgIpc) is 3.00. The molecule has 0 aliphatic heterocycles. The lowest BCUT2D eigenvalue weighted by Crippen LogP contribution is -2.37. The zero-order valence-electron chi connectivity index (χ0n) is 13.1. The molecule has 0 spiro atoms. The van der Waals surface area contributed by atoms with Crippen LogP contribution in [-0.2, 0) is 16.0 Å². The molecule has 0 aromatic heterocycles. The second-order valence-electron chi connectivity index (χ2n) is 5.65. The highest BCUT2D eigenvalue weighted by Gasteiger charge is 2.42. The predicted molar refractivity (Wildman–Crippen MR) is 82.6 cm³/mol. The van der Waals surface area contributed by atoms with Crippen LogP contribution in [0.5, 0.6) is 0 Å². The van der Waals surface area contributed by atoms with Crippen LogP contribution in [0.4, 0.5) is 13.2 Å². The fourth-order valence-corrected chi connectivity index (χ4v) is 2.61. The molecule has 130 valence electrons. The molecule has 0 radical (unpaired) electrons. The number of carbonyl (C=O) groups excluding carboxylic acids is 2. The topological polar surface area (TPSA) is 58.2 Å². The van der Waals surface area contributed by atoms with E-state index in [2.05, 4.69) is 10.9 Å². The third kappa shape index (κ3) is 5.11. The Morgan fingerprint density at radius 1 is 1.08 bits per heavy atom. The number of halogens is 3. The van der Waals surface area contributed by atoms with E-state index in [9.17, 15) is 22.8 Å². The van der Waals surface area contributed by atoms with Crippen LogP contribution in [0.3, 0.4) is 0 Å². The van der Waals surface area contributed by atoms with Crippen LogP contribution < -0.4 is 10.9 Å². The van der Waals surface area contributed by atoms with E-state index >= 15 is 0 Å². The van der Waals surface area contributed by atoms with Crippen molar-refractivity contribution in [2.75, 3.05) is 0 Å². The Morgan fingerprint density at radius 2 is 1.79 bits per heavy atom. The van der Waals surface area contributed by atoms with Crippen molar-refractivity contribution in [3.8, 4) is 0 Å². The van der Waals surface area contributed by atoms with Crippen molar-refractivity contribution < 1.29 is 22.8 Å². The second kappa shape index (κ2) is 7.99. The molecule has 0 saturated carbocycles. The van der Waals surface area contributed by atoms with E-state index in [1.165, 1.54) is 0 Å². The van der Waals surface area contributed by atoms with E-state index in [1.807, 2.05) is 30.3 Å². The van der Waals surface area contributed by atoms with E-state index in [1.54, 1.807) is 0 Å². The van der Waals surface area contributed by atoms with Crippen LogP contribution in [0.1, 0.15) is 37.7 Å². The highest BCUT2D eigenvalue weighted by molar-refractivity contribution is 6.00. The zero-order valence-corrected chi connectivity index (χ0v) is 13.1. The van der Waals surface area contributed by atoms with Gasteiger partial charge in [0.15, 0.2) is 0 Å². The van der Waals surface area contributed by atoms with E-state index in [0.29, 0.717) is 19.3 Å². The molecule has 0 fully saturated rings. The van der Waals surface area contributed by atoms with Crippen LogP contribution in [-0.4, -0.2) is 17.9 Å². The normalized spacial score (nSPS) is 14.6. The van der Waals surface area contributed by atoms with Gasteiger partial charge in [-0.2, -0.15) is 13.2 Å². The Hall–Kier alpha value is -2.31. The molecule has 1 aliphatic rings. The summed E-state index contributed by atoms with van der Waals surface area (Å²) in [6.07, 6.45) is -2.40. The summed E-state index contributed by atoms with van der Waals surface area (Å²) in [5.41, 5.74) is 5.87. The largest absolute Gasteiger partial charge is 0.454 e. The number of Topliss-reactive ketones (excluding diaryl/α,β-unsaturated/α-hetero) is 1. The number of nitrogens with one attached hydrogen (secondary N) is 2. The molecule has 0 unspecified atom stereocenters. The second-order valence-corrected chi connectivity index (χ2v) is 5.65. The minimum atomic E-state index is -4.88. The zero-order chi connectivity index (χ0) is 17.6. The first kappa shape index (κ1) is 18.0. The number of alkyl halides is 3. The molecule has 7 heteroatoms. The molecule has 0 heterocycles. The Morgan fingerprint density at radius 3 is 2.46 bits per heavy atom. The predicted octanol–water partition coefficient (Wildman–Crippen LogP) is 3.20. The highest BCUT2D eigenvalue weighted by Crippen LogP contribution is 2.30. The van der Waals surface area contributed by atoms with Crippen LogP contribution >= 0.6 is 0 Å². The van der Waals surface area contributed by atoms with Gasteiger partial charge in [-0.3, -0.25) is 15.0 Å². The molecule has 0 atom stereocenters. The number of hydrogen-bond acceptors (Lipinski definition) is 3. The molecule has 1 aromatic rings. The molecule has 0 saturated heterocycles. The molecular formula is C17H19F3N2O2. The number of benzene rings is 1. The number of aryl methyl sites for hydroxylation is 1. The third-order valence-corrected chi connectivity index (χ3v) is 3.81. The van der Waals surface area contributed by atoms with Crippen LogP contribution in [0.15, 0.2) is 41.6 Å². The molecule has 24 heavy (non-hydrogen) atoms. The number of ketones is 1. The van der Waals surface area contributed by atoms with Crippen molar-refractivity contribution >= 4 is 11.7 Å². The Bertz CT molecular complexity index is 624. The molecule has 2 N–H and O–H groups in total. The van der Waals surface area contributed by atoms with Crippen molar-refractivity contribution in [3.63, 3.8) is 0 Å². The molecule has 2 rings (SSSR count). The summed E-state index contributed by atoms with van der Waals surface area (Å²) in [5, 5.41) is 0. The van der Waals surface area contributed by atoms with E-state index in [0.717, 1.165) is 12.0 Å². The van der Waals surface area contributed by atoms with Gasteiger partial charge in [0.2, 0.25) is 5.91 Å². The van der Waals surface area contributed by atoms with Crippen molar-refractivity contribution in [1.29, 1.82) is 0 Å². The van der Waals surface area contributed by atoms with Gasteiger partial charge >= 0.3 is 6.18 Å². The SMILES string of the molecule is O=C(CCCc1ccccc1)NNC1=C(C(=O)C(F)(F)F)CCC1. The first-order valence-corrected chi connectivity index (χ1v) is 7.80. The molecule has 1 aliphatic carbocycles. The Kier molecular flexibility index (Phi) is 6.00. The van der Waals surface area contributed by atoms with Crippen LogP contribution in [0.2, 0.25) is 0 Å². The van der Waals surface area contributed by atoms with E-state index in [-0.39, 0.29) is 30.0 Å². The molecule has 1 aromatic carbocycles. The maximum absolute atomic E-state index is 12.5. The number of hydrogen-bond donors (Lipinski definition) is 2. The highest BCUT2D eigenvalue weighted by atomic mass is 19.4. The Balaban J connectivity index is 1.79. The van der Waals surface area contributed by atoms with Gasteiger partial charge in [-0.15, -0.1) is 0 Å². The number of rotatable bonds is 7. The lowest BCUT2D eigenvalue weighted by atomic mass is 10.1. The Labute approximate surface area is 138 Å². The summed E-state index contributed by atoms with van der Waals surface area (Å²) < 4.78 is 37.5. The standard InChI is InChI=1S/C17H19F3N2O2/c18-17(19,20)16(24)13-9-5-10-14(13)21-22-15(23)11-4-8-12-6-2-1-3-7-12/h1-3,6-7,21H,4-5,8-11H2,(H,22,23). The quantitative estimate of drug-likeness (QED) is 0.750. The van der Waals surface area contributed by atoms with E-state index < -0.39 is 12.0 Å². The summed E-state index contributed by atoms with van der Waals surface area (Å²) in [6.45, 7) is 0. The van der Waals surface area contributed by atoms with Gasteiger partial charge in [0.25, 0.3) is 5.78 Å². The van der Waals surface area contributed by atoms with Gasteiger partial charge in [-0.05, 0) is 37.7 Å². The van der Waals surface area contributed by atoms with Crippen molar-refractivity contribution in [2.24, 2.45) is 0 Å². The smallest absolute Gasteiger partial charge is 0.302 e. The number of amides is 1. The lowest BCUT2D eigenvalue weighted by Gasteiger charge is -2.12. The monoisotopic (exact) mass is 340 g/mol. The van der Waals surface area contributed by atoms with Crippen molar-refractivity contribution in [2.45, 2.75) is 44.7 Å². The van der Waals surface area contributed by atoms with Crippen molar-refractivity contribution in [1.82, 2.24) is 10.9 Å². The summed E-state index contributed by atoms with van der Waals surface area (Å²) in [6, 6.07) is 9.68. The summed E-state index contributed by atoms with van der Waals surface area (Å²) >= 11 is 0. The van der Waals surface area contributed by atoms with Gasteiger partial charge in [0.05, 0.1) is 0 Å². The molecule has 0 bridgehead atoms. The maximum atomic E-state index is 12.5.